The van der Waals surface area contributed by atoms with Crippen molar-refractivity contribution < 1.29 is 19.0 Å². The Morgan fingerprint density at radius 2 is 1.85 bits per heavy atom. The van der Waals surface area contributed by atoms with Crippen LogP contribution < -0.4 is 25.0 Å². The molecule has 1 aliphatic heterocycles. The van der Waals surface area contributed by atoms with Gasteiger partial charge in [-0.3, -0.25) is 4.79 Å². The second-order valence-electron chi connectivity index (χ2n) is 6.08. The number of anilines is 3. The minimum absolute atomic E-state index is 0.149. The quantitative estimate of drug-likeness (QED) is 0.780. The molecule has 3 rings (SSSR count). The Labute approximate surface area is 159 Å². The molecule has 7 heteroatoms. The molecule has 2 N–H and O–H groups in total. The number of hydrogen-bond donors (Lipinski definition) is 2. The van der Waals surface area contributed by atoms with Gasteiger partial charge in [-0.2, -0.15) is 0 Å². The molecule has 0 spiro atoms. The fraction of sp³-hybridized carbons (Fsp3) is 0.350. The molecule has 0 aromatic heterocycles. The highest BCUT2D eigenvalue weighted by Crippen LogP contribution is 2.29. The number of rotatable bonds is 7. The number of nitrogens with one attached hydrogen (secondary N) is 2. The summed E-state index contributed by atoms with van der Waals surface area (Å²) in [6, 6.07) is 13.3. The summed E-state index contributed by atoms with van der Waals surface area (Å²) >= 11 is 0. The van der Waals surface area contributed by atoms with Crippen molar-refractivity contribution in [2.24, 2.45) is 0 Å². The topological polar surface area (TPSA) is 72.1 Å². The summed E-state index contributed by atoms with van der Waals surface area (Å²) < 4.78 is 15.9. The Balaban J connectivity index is 1.63. The van der Waals surface area contributed by atoms with E-state index in [0.717, 1.165) is 24.5 Å². The Bertz CT molecular complexity index is 776. The lowest BCUT2D eigenvalue weighted by atomic mass is 10.2. The zero-order valence-electron chi connectivity index (χ0n) is 15.7. The SMILES string of the molecule is COc1ccc(NC(=O)CNc2ccccc2N2CCOCC2)c(OC)c1. The number of ether oxygens (including phenoxy) is 3. The highest BCUT2D eigenvalue weighted by molar-refractivity contribution is 5.95. The standard InChI is InChI=1S/C20H25N3O4/c1-25-15-7-8-17(19(13-15)26-2)22-20(24)14-21-16-5-3-4-6-18(16)23-9-11-27-12-10-23/h3-8,13,21H,9-12,14H2,1-2H3,(H,22,24). The lowest BCUT2D eigenvalue weighted by Crippen LogP contribution is -2.36. The molecule has 1 heterocycles. The first-order valence-electron chi connectivity index (χ1n) is 8.88. The molecule has 1 aliphatic rings. The highest BCUT2D eigenvalue weighted by atomic mass is 16.5. The lowest BCUT2D eigenvalue weighted by molar-refractivity contribution is -0.114. The molecular formula is C20H25N3O4. The molecule has 0 aliphatic carbocycles. The van der Waals surface area contributed by atoms with Gasteiger partial charge in [0.2, 0.25) is 5.91 Å². The van der Waals surface area contributed by atoms with Gasteiger partial charge in [0.15, 0.2) is 0 Å². The predicted octanol–water partition coefficient (Wildman–Crippen LogP) is 2.59. The Morgan fingerprint density at radius 1 is 1.07 bits per heavy atom. The van der Waals surface area contributed by atoms with E-state index >= 15 is 0 Å². The molecule has 0 radical (unpaired) electrons. The molecule has 1 fully saturated rings. The van der Waals surface area contributed by atoms with Crippen LogP contribution in [0.4, 0.5) is 17.1 Å². The molecule has 0 bridgehead atoms. The Morgan fingerprint density at radius 3 is 2.59 bits per heavy atom. The lowest BCUT2D eigenvalue weighted by Gasteiger charge is -2.30. The van der Waals surface area contributed by atoms with Crippen molar-refractivity contribution in [2.45, 2.75) is 0 Å². The summed E-state index contributed by atoms with van der Waals surface area (Å²) in [7, 11) is 3.14. The second-order valence-corrected chi connectivity index (χ2v) is 6.08. The molecule has 1 saturated heterocycles. The van der Waals surface area contributed by atoms with Gasteiger partial charge in [0.05, 0.1) is 51.0 Å². The minimum atomic E-state index is -0.157. The molecule has 0 saturated carbocycles. The summed E-state index contributed by atoms with van der Waals surface area (Å²) in [5.74, 6) is 1.06. The zero-order valence-corrected chi connectivity index (χ0v) is 15.7. The summed E-state index contributed by atoms with van der Waals surface area (Å²) in [6.45, 7) is 3.26. The van der Waals surface area contributed by atoms with Gasteiger partial charge in [0.1, 0.15) is 11.5 Å². The fourth-order valence-electron chi connectivity index (χ4n) is 2.97. The average Bonchev–Trinajstić information content (AvgIpc) is 2.73. The van der Waals surface area contributed by atoms with E-state index in [0.29, 0.717) is 30.4 Å². The number of methoxy groups -OCH3 is 2. The van der Waals surface area contributed by atoms with Crippen molar-refractivity contribution >= 4 is 23.0 Å². The zero-order chi connectivity index (χ0) is 19.1. The molecule has 7 nitrogen and oxygen atoms in total. The van der Waals surface area contributed by atoms with Crippen LogP contribution in [0.5, 0.6) is 11.5 Å². The third-order valence-corrected chi connectivity index (χ3v) is 4.38. The van der Waals surface area contributed by atoms with Crippen LogP contribution >= 0.6 is 0 Å². The van der Waals surface area contributed by atoms with Crippen LogP contribution in [0.15, 0.2) is 42.5 Å². The summed E-state index contributed by atoms with van der Waals surface area (Å²) in [4.78, 5) is 14.7. The van der Waals surface area contributed by atoms with Crippen LogP contribution in [0.3, 0.4) is 0 Å². The fourth-order valence-corrected chi connectivity index (χ4v) is 2.97. The van der Waals surface area contributed by atoms with E-state index < -0.39 is 0 Å². The van der Waals surface area contributed by atoms with Crippen LogP contribution in [0.25, 0.3) is 0 Å². The highest BCUT2D eigenvalue weighted by Gasteiger charge is 2.15. The number of benzene rings is 2. The number of para-hydroxylation sites is 2. The van der Waals surface area contributed by atoms with Crippen LogP contribution in [-0.2, 0) is 9.53 Å². The van der Waals surface area contributed by atoms with Gasteiger partial charge in [-0.05, 0) is 24.3 Å². The Hall–Kier alpha value is -2.93. The van der Waals surface area contributed by atoms with E-state index in [1.54, 1.807) is 32.4 Å². The molecular weight excluding hydrogens is 346 g/mol. The van der Waals surface area contributed by atoms with Crippen molar-refractivity contribution in [1.82, 2.24) is 0 Å². The molecule has 2 aromatic carbocycles. The first-order valence-corrected chi connectivity index (χ1v) is 8.88. The smallest absolute Gasteiger partial charge is 0.243 e. The summed E-state index contributed by atoms with van der Waals surface area (Å²) in [5, 5.41) is 6.10. The maximum atomic E-state index is 12.4. The largest absolute Gasteiger partial charge is 0.497 e. The van der Waals surface area contributed by atoms with Crippen LogP contribution in [-0.4, -0.2) is 53.0 Å². The summed E-state index contributed by atoms with van der Waals surface area (Å²) in [5.41, 5.74) is 2.61. The number of nitrogens with zero attached hydrogens (tertiary/aromatic N) is 1. The number of morpholine rings is 1. The van der Waals surface area contributed by atoms with Gasteiger partial charge in [0.25, 0.3) is 0 Å². The molecule has 0 unspecified atom stereocenters. The van der Waals surface area contributed by atoms with Crippen LogP contribution in [0.2, 0.25) is 0 Å². The van der Waals surface area contributed by atoms with E-state index in [1.165, 1.54) is 0 Å². The van der Waals surface area contributed by atoms with Gasteiger partial charge < -0.3 is 29.7 Å². The third kappa shape index (κ3) is 4.83. The predicted molar refractivity (Wildman–Crippen MR) is 106 cm³/mol. The molecule has 27 heavy (non-hydrogen) atoms. The number of carbonyl (C=O) groups excluding carboxylic acids is 1. The molecule has 1 amide bonds. The van der Waals surface area contributed by atoms with Gasteiger partial charge in [-0.25, -0.2) is 0 Å². The van der Waals surface area contributed by atoms with Gasteiger partial charge in [0, 0.05) is 19.2 Å². The molecule has 0 atom stereocenters. The van der Waals surface area contributed by atoms with Crippen molar-refractivity contribution in [1.29, 1.82) is 0 Å². The van der Waals surface area contributed by atoms with Gasteiger partial charge >= 0.3 is 0 Å². The third-order valence-electron chi connectivity index (χ3n) is 4.38. The second kappa shape index (κ2) is 9.14. The monoisotopic (exact) mass is 371 g/mol. The molecule has 2 aromatic rings. The number of carbonyl (C=O) groups is 1. The van der Waals surface area contributed by atoms with E-state index in [1.807, 2.05) is 18.2 Å². The van der Waals surface area contributed by atoms with Crippen LogP contribution in [0, 0.1) is 0 Å². The maximum absolute atomic E-state index is 12.4. The summed E-state index contributed by atoms with van der Waals surface area (Å²) in [6.07, 6.45) is 0. The van der Waals surface area contributed by atoms with E-state index in [9.17, 15) is 4.79 Å². The van der Waals surface area contributed by atoms with Crippen LogP contribution in [0.1, 0.15) is 0 Å². The number of hydrogen-bond acceptors (Lipinski definition) is 6. The normalized spacial score (nSPS) is 13.8. The molecule has 144 valence electrons. The van der Waals surface area contributed by atoms with Crippen molar-refractivity contribution in [3.8, 4) is 11.5 Å². The van der Waals surface area contributed by atoms with Gasteiger partial charge in [-0.15, -0.1) is 0 Å². The van der Waals surface area contributed by atoms with Crippen molar-refractivity contribution in [3.05, 3.63) is 42.5 Å². The minimum Gasteiger partial charge on any atom is -0.497 e. The van der Waals surface area contributed by atoms with E-state index in [-0.39, 0.29) is 12.5 Å². The number of amides is 1. The first-order chi connectivity index (χ1) is 13.2. The van der Waals surface area contributed by atoms with Crippen molar-refractivity contribution in [2.75, 3.05) is 62.6 Å². The van der Waals surface area contributed by atoms with Gasteiger partial charge in [-0.1, -0.05) is 12.1 Å². The first kappa shape index (κ1) is 18.8. The van der Waals surface area contributed by atoms with E-state index in [4.69, 9.17) is 14.2 Å². The van der Waals surface area contributed by atoms with E-state index in [2.05, 4.69) is 21.6 Å². The maximum Gasteiger partial charge on any atom is 0.243 e. The van der Waals surface area contributed by atoms with Crippen molar-refractivity contribution in [3.63, 3.8) is 0 Å². The Kier molecular flexibility index (Phi) is 6.38. The average molecular weight is 371 g/mol.